The predicted octanol–water partition coefficient (Wildman–Crippen LogP) is 6.11. The van der Waals surface area contributed by atoms with E-state index in [2.05, 4.69) is 17.5 Å². The van der Waals surface area contributed by atoms with Crippen LogP contribution in [0.25, 0.3) is 0 Å². The molecule has 0 fully saturated rings. The van der Waals surface area contributed by atoms with Gasteiger partial charge in [0.25, 0.3) is 5.69 Å². The van der Waals surface area contributed by atoms with Crippen molar-refractivity contribution in [2.24, 2.45) is 5.92 Å². The van der Waals surface area contributed by atoms with Crippen molar-refractivity contribution in [3.05, 3.63) is 116 Å². The molecular weight excluding hydrogens is 468 g/mol. The SMILES string of the molecule is O=C(COC(=O)c1ccc2c(c1)[C@@H]1C=CC[C@H]1[C@@H](c1ccc([N+](=O)[O-])cc1)N2)c1ccc(Cl)cc1. The fourth-order valence-electron chi connectivity index (χ4n) is 4.79. The van der Waals surface area contributed by atoms with Crippen molar-refractivity contribution < 1.29 is 19.2 Å². The second-order valence-electron chi connectivity index (χ2n) is 8.63. The van der Waals surface area contributed by atoms with Gasteiger partial charge in [0.2, 0.25) is 0 Å². The smallest absolute Gasteiger partial charge is 0.338 e. The minimum Gasteiger partial charge on any atom is -0.454 e. The number of carbonyl (C=O) groups is 2. The van der Waals surface area contributed by atoms with Gasteiger partial charge in [0.05, 0.1) is 16.5 Å². The number of nitrogens with zero attached hydrogens (tertiary/aromatic N) is 1. The van der Waals surface area contributed by atoms with Crippen molar-refractivity contribution >= 4 is 34.7 Å². The van der Waals surface area contributed by atoms with Gasteiger partial charge in [-0.1, -0.05) is 35.9 Å². The van der Waals surface area contributed by atoms with E-state index in [9.17, 15) is 19.7 Å². The molecule has 1 aliphatic heterocycles. The van der Waals surface area contributed by atoms with Crippen molar-refractivity contribution in [2.45, 2.75) is 18.4 Å². The number of hydrogen-bond acceptors (Lipinski definition) is 6. The number of hydrogen-bond donors (Lipinski definition) is 1. The lowest BCUT2D eigenvalue weighted by atomic mass is 9.76. The molecule has 0 unspecified atom stereocenters. The summed E-state index contributed by atoms with van der Waals surface area (Å²) in [5, 5.41) is 15.1. The van der Waals surface area contributed by atoms with Crippen molar-refractivity contribution in [3.8, 4) is 0 Å². The molecule has 1 N–H and O–H groups in total. The highest BCUT2D eigenvalue weighted by atomic mass is 35.5. The summed E-state index contributed by atoms with van der Waals surface area (Å²) in [7, 11) is 0. The summed E-state index contributed by atoms with van der Waals surface area (Å²) in [6.45, 7) is -0.357. The number of nitro benzene ring substituents is 1. The van der Waals surface area contributed by atoms with Crippen molar-refractivity contribution in [3.63, 3.8) is 0 Å². The number of ketones is 1. The summed E-state index contributed by atoms with van der Waals surface area (Å²) in [5.41, 5.74) is 3.72. The average molecular weight is 489 g/mol. The van der Waals surface area contributed by atoms with Crippen LogP contribution in [0.2, 0.25) is 5.02 Å². The van der Waals surface area contributed by atoms with Crippen LogP contribution in [0.5, 0.6) is 0 Å². The molecule has 3 atom stereocenters. The van der Waals surface area contributed by atoms with Gasteiger partial charge in [-0.05, 0) is 65.9 Å². The fourth-order valence-corrected chi connectivity index (χ4v) is 4.91. The molecule has 3 aromatic rings. The third kappa shape index (κ3) is 4.55. The third-order valence-electron chi connectivity index (χ3n) is 6.56. The number of ether oxygens (including phenoxy) is 1. The van der Waals surface area contributed by atoms with Gasteiger partial charge in [-0.15, -0.1) is 0 Å². The highest BCUT2D eigenvalue weighted by molar-refractivity contribution is 6.30. The van der Waals surface area contributed by atoms with E-state index < -0.39 is 10.9 Å². The van der Waals surface area contributed by atoms with E-state index in [1.165, 1.54) is 12.1 Å². The monoisotopic (exact) mass is 488 g/mol. The van der Waals surface area contributed by atoms with E-state index in [-0.39, 0.29) is 36.0 Å². The molecule has 0 radical (unpaired) electrons. The third-order valence-corrected chi connectivity index (χ3v) is 6.81. The lowest BCUT2D eigenvalue weighted by Crippen LogP contribution is -2.29. The zero-order valence-electron chi connectivity index (χ0n) is 18.5. The first-order chi connectivity index (χ1) is 16.9. The van der Waals surface area contributed by atoms with E-state index in [1.807, 2.05) is 12.1 Å². The van der Waals surface area contributed by atoms with Gasteiger partial charge in [0.15, 0.2) is 12.4 Å². The highest BCUT2D eigenvalue weighted by Crippen LogP contribution is 2.50. The molecule has 176 valence electrons. The minimum atomic E-state index is -0.564. The maximum absolute atomic E-state index is 12.7. The topological polar surface area (TPSA) is 98.5 Å². The number of benzene rings is 3. The van der Waals surface area contributed by atoms with E-state index in [0.29, 0.717) is 16.1 Å². The number of non-ortho nitro benzene ring substituents is 1. The zero-order chi connectivity index (χ0) is 24.5. The Kier molecular flexibility index (Phi) is 6.09. The zero-order valence-corrected chi connectivity index (χ0v) is 19.3. The summed E-state index contributed by atoms with van der Waals surface area (Å²) >= 11 is 5.85. The summed E-state index contributed by atoms with van der Waals surface area (Å²) in [4.78, 5) is 35.6. The number of nitrogens with one attached hydrogen (secondary N) is 1. The summed E-state index contributed by atoms with van der Waals surface area (Å²) < 4.78 is 5.28. The second kappa shape index (κ2) is 9.35. The number of allylic oxidation sites excluding steroid dienone is 2. The second-order valence-corrected chi connectivity index (χ2v) is 9.07. The van der Waals surface area contributed by atoms with Crippen LogP contribution in [-0.2, 0) is 4.74 Å². The first kappa shape index (κ1) is 22.8. The van der Waals surface area contributed by atoms with E-state index in [4.69, 9.17) is 16.3 Å². The summed E-state index contributed by atoms with van der Waals surface area (Å²) in [6.07, 6.45) is 5.12. The number of carbonyl (C=O) groups excluding carboxylic acids is 2. The number of Topliss-reactive ketones (excluding diaryl/α,β-unsaturated/α-hetero) is 1. The van der Waals surface area contributed by atoms with Crippen molar-refractivity contribution in [1.29, 1.82) is 0 Å². The fraction of sp³-hybridized carbons (Fsp3) is 0.185. The molecular formula is C27H21ClN2O5. The Bertz CT molecular complexity index is 1330. The molecule has 8 heteroatoms. The number of esters is 1. The molecule has 2 aliphatic rings. The number of halogens is 1. The predicted molar refractivity (Wildman–Crippen MR) is 132 cm³/mol. The minimum absolute atomic E-state index is 0.0156. The molecule has 3 aromatic carbocycles. The van der Waals surface area contributed by atoms with Crippen LogP contribution >= 0.6 is 11.6 Å². The van der Waals surface area contributed by atoms with Gasteiger partial charge < -0.3 is 10.1 Å². The molecule has 7 nitrogen and oxygen atoms in total. The van der Waals surface area contributed by atoms with Crippen molar-refractivity contribution in [2.75, 3.05) is 11.9 Å². The molecule has 5 rings (SSSR count). The van der Waals surface area contributed by atoms with Crippen LogP contribution in [0.15, 0.2) is 78.9 Å². The van der Waals surface area contributed by atoms with E-state index in [1.54, 1.807) is 42.5 Å². The molecule has 0 bridgehead atoms. The van der Waals surface area contributed by atoms with Crippen LogP contribution in [0, 0.1) is 16.0 Å². The van der Waals surface area contributed by atoms with Crippen LogP contribution in [-0.4, -0.2) is 23.3 Å². The molecule has 0 saturated heterocycles. The Morgan fingerprint density at radius 2 is 1.74 bits per heavy atom. The van der Waals surface area contributed by atoms with Gasteiger partial charge >= 0.3 is 5.97 Å². The lowest BCUT2D eigenvalue weighted by molar-refractivity contribution is -0.384. The Labute approximate surface area is 206 Å². The van der Waals surface area contributed by atoms with Gasteiger partial charge in [-0.25, -0.2) is 4.79 Å². The maximum Gasteiger partial charge on any atom is 0.338 e. The number of rotatable bonds is 6. The maximum atomic E-state index is 12.7. The molecule has 1 heterocycles. The van der Waals surface area contributed by atoms with E-state index >= 15 is 0 Å². The van der Waals surface area contributed by atoms with Crippen LogP contribution < -0.4 is 5.32 Å². The molecule has 0 amide bonds. The Balaban J connectivity index is 1.33. The Morgan fingerprint density at radius 1 is 1.03 bits per heavy atom. The normalized spacial score (nSPS) is 19.9. The molecule has 35 heavy (non-hydrogen) atoms. The first-order valence-corrected chi connectivity index (χ1v) is 11.6. The van der Waals surface area contributed by atoms with Gasteiger partial charge in [0.1, 0.15) is 0 Å². The first-order valence-electron chi connectivity index (χ1n) is 11.2. The van der Waals surface area contributed by atoms with Crippen molar-refractivity contribution in [1.82, 2.24) is 0 Å². The largest absolute Gasteiger partial charge is 0.454 e. The van der Waals surface area contributed by atoms with Gasteiger partial charge in [-0.3, -0.25) is 14.9 Å². The Morgan fingerprint density at radius 3 is 2.46 bits per heavy atom. The average Bonchev–Trinajstić information content (AvgIpc) is 3.37. The van der Waals surface area contributed by atoms with Crippen LogP contribution in [0.3, 0.4) is 0 Å². The van der Waals surface area contributed by atoms with Gasteiger partial charge in [-0.2, -0.15) is 0 Å². The Hall–Kier alpha value is -3.97. The number of fused-ring (bicyclic) bond motifs is 3. The standard InChI is InChI=1S/C27H21ClN2O5/c28-19-9-4-16(5-10-19)25(31)15-35-27(32)18-8-13-24-23(14-18)21-2-1-3-22(21)26(29-24)17-6-11-20(12-7-17)30(33)34/h1-2,4-14,21-22,26,29H,3,15H2/t21-,22-,26-/m1/s1. The number of anilines is 1. The summed E-state index contributed by atoms with van der Waals surface area (Å²) in [5.74, 6) is -0.567. The van der Waals surface area contributed by atoms with Crippen LogP contribution in [0.1, 0.15) is 50.2 Å². The highest BCUT2D eigenvalue weighted by Gasteiger charge is 2.38. The number of nitro groups is 1. The van der Waals surface area contributed by atoms with E-state index in [0.717, 1.165) is 23.2 Å². The summed E-state index contributed by atoms with van der Waals surface area (Å²) in [6, 6.07) is 18.4. The molecule has 0 aromatic heterocycles. The van der Waals surface area contributed by atoms with Gasteiger partial charge in [0, 0.05) is 34.3 Å². The molecule has 0 saturated carbocycles. The quantitative estimate of drug-likeness (QED) is 0.148. The van der Waals surface area contributed by atoms with Crippen LogP contribution in [0.4, 0.5) is 11.4 Å². The molecule has 0 spiro atoms. The molecule has 1 aliphatic carbocycles. The lowest BCUT2D eigenvalue weighted by Gasteiger charge is -2.37.